The predicted molar refractivity (Wildman–Crippen MR) is 108 cm³/mol. The van der Waals surface area contributed by atoms with Crippen molar-refractivity contribution >= 4 is 34.6 Å². The van der Waals surface area contributed by atoms with Gasteiger partial charge in [0.2, 0.25) is 0 Å². The molecule has 0 amide bonds. The Bertz CT molecular complexity index is 726. The van der Waals surface area contributed by atoms with Crippen LogP contribution in [-0.4, -0.2) is 36.6 Å². The van der Waals surface area contributed by atoms with Crippen molar-refractivity contribution in [1.82, 2.24) is 15.6 Å². The molecule has 2 aromatic heterocycles. The summed E-state index contributed by atoms with van der Waals surface area (Å²) in [5, 5.41) is 9.54. The molecule has 0 aliphatic rings. The first-order valence-electron chi connectivity index (χ1n) is 8.76. The van der Waals surface area contributed by atoms with Gasteiger partial charge in [-0.05, 0) is 39.1 Å². The molecule has 0 bridgehead atoms. The molecule has 26 heavy (non-hydrogen) atoms. The molecule has 2 heterocycles. The van der Waals surface area contributed by atoms with Crippen LogP contribution in [0.4, 0.5) is 0 Å². The van der Waals surface area contributed by atoms with E-state index >= 15 is 0 Å². The van der Waals surface area contributed by atoms with Gasteiger partial charge in [-0.2, -0.15) is 0 Å². The molecule has 0 radical (unpaired) electrons. The van der Waals surface area contributed by atoms with E-state index in [1.165, 1.54) is 16.2 Å². The number of aryl methyl sites for hydroxylation is 1. The van der Waals surface area contributed by atoms with Crippen molar-refractivity contribution in [1.29, 1.82) is 0 Å². The van der Waals surface area contributed by atoms with E-state index in [9.17, 15) is 4.79 Å². The van der Waals surface area contributed by atoms with Gasteiger partial charge in [0.1, 0.15) is 9.88 Å². The summed E-state index contributed by atoms with van der Waals surface area (Å²) in [4.78, 5) is 23.0. The van der Waals surface area contributed by atoms with Crippen LogP contribution in [0.1, 0.15) is 52.1 Å². The van der Waals surface area contributed by atoms with Gasteiger partial charge >= 0.3 is 5.97 Å². The molecule has 142 valence electrons. The Morgan fingerprint density at radius 2 is 2.23 bits per heavy atom. The molecular formula is C18H26N4O2S2. The largest absolute Gasteiger partial charge is 0.462 e. The third kappa shape index (κ3) is 5.81. The summed E-state index contributed by atoms with van der Waals surface area (Å²) in [6.45, 7) is 9.54. The first-order valence-corrected chi connectivity index (χ1v) is 10.5. The molecule has 0 aliphatic heterocycles. The van der Waals surface area contributed by atoms with Crippen LogP contribution in [0.2, 0.25) is 0 Å². The normalized spacial score (nSPS) is 12.7. The molecule has 2 rings (SSSR count). The average Bonchev–Trinajstić information content (AvgIpc) is 3.25. The highest BCUT2D eigenvalue weighted by molar-refractivity contribution is 7.13. The van der Waals surface area contributed by atoms with Gasteiger partial charge in [0, 0.05) is 24.4 Å². The van der Waals surface area contributed by atoms with E-state index in [1.807, 2.05) is 20.8 Å². The van der Waals surface area contributed by atoms with E-state index in [0.717, 1.165) is 23.9 Å². The maximum Gasteiger partial charge on any atom is 0.350 e. The minimum Gasteiger partial charge on any atom is -0.462 e. The van der Waals surface area contributed by atoms with Gasteiger partial charge in [-0.25, -0.2) is 9.78 Å². The fourth-order valence-corrected chi connectivity index (χ4v) is 3.97. The number of nitrogens with zero attached hydrogens (tertiary/aromatic N) is 2. The zero-order chi connectivity index (χ0) is 18.9. The van der Waals surface area contributed by atoms with Gasteiger partial charge in [-0.1, -0.05) is 6.07 Å². The van der Waals surface area contributed by atoms with E-state index < -0.39 is 0 Å². The summed E-state index contributed by atoms with van der Waals surface area (Å²) in [5.74, 6) is 0.444. The average molecular weight is 395 g/mol. The molecule has 6 nitrogen and oxygen atoms in total. The zero-order valence-electron chi connectivity index (χ0n) is 15.7. The lowest BCUT2D eigenvalue weighted by molar-refractivity contribution is 0.0531. The van der Waals surface area contributed by atoms with Crippen molar-refractivity contribution in [3.8, 4) is 0 Å². The van der Waals surface area contributed by atoms with Gasteiger partial charge in [0.05, 0.1) is 18.3 Å². The smallest absolute Gasteiger partial charge is 0.350 e. The van der Waals surface area contributed by atoms with Crippen LogP contribution in [0.25, 0.3) is 0 Å². The summed E-state index contributed by atoms with van der Waals surface area (Å²) in [6, 6.07) is 4.13. The minimum absolute atomic E-state index is 0.0542. The van der Waals surface area contributed by atoms with Crippen LogP contribution in [-0.2, 0) is 11.2 Å². The highest BCUT2D eigenvalue weighted by Gasteiger charge is 2.20. The fraction of sp³-hybridized carbons (Fsp3) is 0.500. The quantitative estimate of drug-likeness (QED) is 0.407. The number of esters is 1. The number of carbonyl (C=O) groups is 1. The highest BCUT2D eigenvalue weighted by atomic mass is 32.1. The van der Waals surface area contributed by atoms with Crippen LogP contribution in [0.3, 0.4) is 0 Å². The lowest BCUT2D eigenvalue weighted by Gasteiger charge is -2.16. The number of thiophene rings is 1. The van der Waals surface area contributed by atoms with Crippen LogP contribution < -0.4 is 10.6 Å². The van der Waals surface area contributed by atoms with Crippen molar-refractivity contribution in [3.05, 3.63) is 38.0 Å². The van der Waals surface area contributed by atoms with Crippen LogP contribution >= 0.6 is 22.7 Å². The number of aromatic nitrogens is 1. The zero-order valence-corrected chi connectivity index (χ0v) is 17.3. The van der Waals surface area contributed by atoms with Crippen molar-refractivity contribution < 1.29 is 9.53 Å². The summed E-state index contributed by atoms with van der Waals surface area (Å²) < 4.78 is 5.09. The monoisotopic (exact) mass is 394 g/mol. The number of thiazole rings is 1. The molecule has 0 saturated heterocycles. The van der Waals surface area contributed by atoms with E-state index in [1.54, 1.807) is 18.3 Å². The maximum atomic E-state index is 12.0. The highest BCUT2D eigenvalue weighted by Crippen LogP contribution is 2.24. The lowest BCUT2D eigenvalue weighted by Crippen LogP contribution is -2.38. The number of rotatable bonds is 8. The molecule has 0 aromatic carbocycles. The molecule has 1 unspecified atom stereocenters. The van der Waals surface area contributed by atoms with Gasteiger partial charge in [0.25, 0.3) is 0 Å². The van der Waals surface area contributed by atoms with Crippen molar-refractivity contribution in [2.24, 2.45) is 4.99 Å². The van der Waals surface area contributed by atoms with E-state index in [4.69, 9.17) is 4.74 Å². The maximum absolute atomic E-state index is 12.0. The Morgan fingerprint density at radius 1 is 1.42 bits per heavy atom. The Balaban J connectivity index is 2.01. The Labute approximate surface area is 162 Å². The molecule has 0 aliphatic carbocycles. The summed E-state index contributed by atoms with van der Waals surface area (Å²) in [7, 11) is 0. The van der Waals surface area contributed by atoms with E-state index in [0.29, 0.717) is 23.7 Å². The molecule has 2 aromatic rings. The second-order valence-corrected chi connectivity index (χ2v) is 7.71. The first-order chi connectivity index (χ1) is 12.5. The van der Waals surface area contributed by atoms with E-state index in [2.05, 4.69) is 38.1 Å². The number of hydrogen-bond acceptors (Lipinski definition) is 6. The topological polar surface area (TPSA) is 75.6 Å². The second kappa shape index (κ2) is 10.3. The fourth-order valence-electron chi connectivity index (χ4n) is 2.31. The minimum atomic E-state index is -0.308. The summed E-state index contributed by atoms with van der Waals surface area (Å²) in [6.07, 6.45) is 0.923. The first kappa shape index (κ1) is 20.4. The Hall–Kier alpha value is -1.93. The van der Waals surface area contributed by atoms with Gasteiger partial charge < -0.3 is 15.4 Å². The van der Waals surface area contributed by atoms with Crippen LogP contribution in [0, 0.1) is 6.92 Å². The van der Waals surface area contributed by atoms with Crippen molar-refractivity contribution in [2.75, 3.05) is 19.7 Å². The molecule has 2 N–H and O–H groups in total. The molecular weight excluding hydrogens is 368 g/mol. The van der Waals surface area contributed by atoms with Crippen molar-refractivity contribution in [3.63, 3.8) is 0 Å². The predicted octanol–water partition coefficient (Wildman–Crippen LogP) is 3.55. The lowest BCUT2D eigenvalue weighted by atomic mass is 10.3. The number of carbonyl (C=O) groups excluding carboxylic acids is 1. The third-order valence-corrected chi connectivity index (χ3v) is 5.81. The van der Waals surface area contributed by atoms with Gasteiger partial charge in [-0.3, -0.25) is 4.99 Å². The SMILES string of the molecule is CCNC(=NCCc1cccs1)NC(C)c1nc(C)c(C(=O)OCC)s1. The number of aliphatic imine (C=N–C) groups is 1. The second-order valence-electron chi connectivity index (χ2n) is 5.64. The van der Waals surface area contributed by atoms with Gasteiger partial charge in [-0.15, -0.1) is 22.7 Å². The number of ether oxygens (including phenoxy) is 1. The standard InChI is InChI=1S/C18H26N4O2S2/c1-5-19-18(20-10-9-14-8-7-11-25-14)22-13(4)16-21-12(3)15(26-16)17(23)24-6-2/h7-8,11,13H,5-6,9-10H2,1-4H3,(H2,19,20,22). The Morgan fingerprint density at radius 3 is 2.88 bits per heavy atom. The number of guanidine groups is 1. The molecule has 1 atom stereocenters. The third-order valence-electron chi connectivity index (χ3n) is 3.55. The van der Waals surface area contributed by atoms with Crippen LogP contribution in [0.5, 0.6) is 0 Å². The molecule has 0 fully saturated rings. The summed E-state index contributed by atoms with van der Waals surface area (Å²) in [5.41, 5.74) is 0.705. The number of nitrogens with one attached hydrogen (secondary N) is 2. The summed E-state index contributed by atoms with van der Waals surface area (Å²) >= 11 is 3.12. The molecule has 8 heteroatoms. The van der Waals surface area contributed by atoms with Gasteiger partial charge in [0.15, 0.2) is 5.96 Å². The van der Waals surface area contributed by atoms with E-state index in [-0.39, 0.29) is 12.0 Å². The van der Waals surface area contributed by atoms with Crippen molar-refractivity contribution in [2.45, 2.75) is 40.2 Å². The van der Waals surface area contributed by atoms with Crippen LogP contribution in [0.15, 0.2) is 22.5 Å². The molecule has 0 saturated carbocycles. The number of hydrogen-bond donors (Lipinski definition) is 2. The Kier molecular flexibility index (Phi) is 8.06. The molecule has 0 spiro atoms.